The molecule has 0 bridgehead atoms. The van der Waals surface area contributed by atoms with Crippen LogP contribution in [0.25, 0.3) is 0 Å². The van der Waals surface area contributed by atoms with Gasteiger partial charge in [-0.05, 0) is 25.0 Å². The van der Waals surface area contributed by atoms with Gasteiger partial charge in [0.2, 0.25) is 0 Å². The van der Waals surface area contributed by atoms with Crippen molar-refractivity contribution in [3.05, 3.63) is 29.0 Å². The predicted octanol–water partition coefficient (Wildman–Crippen LogP) is 2.50. The summed E-state index contributed by atoms with van der Waals surface area (Å²) in [7, 11) is 0. The van der Waals surface area contributed by atoms with Gasteiger partial charge in [-0.2, -0.15) is 0 Å². The highest BCUT2D eigenvalue weighted by Crippen LogP contribution is 2.24. The molecule has 0 radical (unpaired) electrons. The number of carbonyl (C=O) groups is 2. The third-order valence-corrected chi connectivity index (χ3v) is 3.83. The van der Waals surface area contributed by atoms with E-state index in [1.807, 2.05) is 0 Å². The molecule has 2 unspecified atom stereocenters. The van der Waals surface area contributed by atoms with Gasteiger partial charge in [-0.15, -0.1) is 0 Å². The number of halogens is 1. The van der Waals surface area contributed by atoms with Crippen molar-refractivity contribution in [1.29, 1.82) is 0 Å². The molecular formula is C14H17ClN2O3. The number of carboxylic acid groups (broad SMARTS) is 1. The maximum atomic E-state index is 12.1. The monoisotopic (exact) mass is 296 g/mol. The van der Waals surface area contributed by atoms with Crippen LogP contribution in [0.2, 0.25) is 5.02 Å². The normalized spacial score (nSPS) is 22.9. The number of amides is 1. The average molecular weight is 297 g/mol. The number of carbonyl (C=O) groups excluding carboxylic acids is 1. The van der Waals surface area contributed by atoms with Gasteiger partial charge in [0.15, 0.2) is 0 Å². The highest BCUT2D eigenvalue weighted by atomic mass is 35.5. The summed E-state index contributed by atoms with van der Waals surface area (Å²) in [6.45, 7) is 0. The number of aromatic nitrogens is 1. The standard InChI is InChI=1S/C14H17ClN2O3/c15-9-6-7-12(16-8-9)13(18)17-11-5-3-1-2-4-10(11)14(19)20/h6-8,10-11H,1-5H2,(H,17,18)(H,19,20). The van der Waals surface area contributed by atoms with Gasteiger partial charge in [0.05, 0.1) is 10.9 Å². The Morgan fingerprint density at radius 3 is 2.65 bits per heavy atom. The highest BCUT2D eigenvalue weighted by Gasteiger charge is 2.30. The molecule has 1 heterocycles. The summed E-state index contributed by atoms with van der Waals surface area (Å²) in [6.07, 6.45) is 5.53. The Labute approximate surface area is 122 Å². The van der Waals surface area contributed by atoms with Gasteiger partial charge >= 0.3 is 5.97 Å². The molecule has 0 aromatic carbocycles. The van der Waals surface area contributed by atoms with E-state index in [-0.39, 0.29) is 17.6 Å². The van der Waals surface area contributed by atoms with Crippen molar-refractivity contribution in [2.45, 2.75) is 38.1 Å². The van der Waals surface area contributed by atoms with Crippen molar-refractivity contribution in [2.75, 3.05) is 0 Å². The van der Waals surface area contributed by atoms with E-state index >= 15 is 0 Å². The number of rotatable bonds is 3. The van der Waals surface area contributed by atoms with E-state index < -0.39 is 11.9 Å². The van der Waals surface area contributed by atoms with Crippen molar-refractivity contribution < 1.29 is 14.7 Å². The molecule has 108 valence electrons. The SMILES string of the molecule is O=C(NC1CCCCCC1C(=O)O)c1ccc(Cl)cn1. The third kappa shape index (κ3) is 3.70. The first-order chi connectivity index (χ1) is 9.58. The molecule has 6 heteroatoms. The quantitative estimate of drug-likeness (QED) is 0.840. The summed E-state index contributed by atoms with van der Waals surface area (Å²) in [5.41, 5.74) is 0.253. The fourth-order valence-electron chi connectivity index (χ4n) is 2.53. The first kappa shape index (κ1) is 14.8. The predicted molar refractivity (Wildman–Crippen MR) is 74.7 cm³/mol. The van der Waals surface area contributed by atoms with Crippen LogP contribution in [0.5, 0.6) is 0 Å². The van der Waals surface area contributed by atoms with Gasteiger partial charge < -0.3 is 10.4 Å². The number of nitrogens with zero attached hydrogens (tertiary/aromatic N) is 1. The second-order valence-corrected chi connectivity index (χ2v) is 5.46. The van der Waals surface area contributed by atoms with Crippen molar-refractivity contribution >= 4 is 23.5 Å². The van der Waals surface area contributed by atoms with Crippen LogP contribution < -0.4 is 5.32 Å². The van der Waals surface area contributed by atoms with Gasteiger partial charge in [-0.3, -0.25) is 9.59 Å². The molecule has 0 saturated heterocycles. The van der Waals surface area contributed by atoms with Crippen molar-refractivity contribution in [3.8, 4) is 0 Å². The van der Waals surface area contributed by atoms with Crippen LogP contribution in [0.15, 0.2) is 18.3 Å². The number of aliphatic carboxylic acids is 1. The summed E-state index contributed by atoms with van der Waals surface area (Å²) in [6, 6.07) is 2.79. The number of carboxylic acids is 1. The van der Waals surface area contributed by atoms with Crippen LogP contribution in [0.1, 0.15) is 42.6 Å². The van der Waals surface area contributed by atoms with Crippen LogP contribution in [-0.4, -0.2) is 28.0 Å². The lowest BCUT2D eigenvalue weighted by molar-refractivity contribution is -0.142. The van der Waals surface area contributed by atoms with Gasteiger partial charge in [-0.1, -0.05) is 30.9 Å². The van der Waals surface area contributed by atoms with Crippen molar-refractivity contribution in [3.63, 3.8) is 0 Å². The van der Waals surface area contributed by atoms with Gasteiger partial charge in [0, 0.05) is 12.2 Å². The lowest BCUT2D eigenvalue weighted by Crippen LogP contribution is -2.43. The maximum absolute atomic E-state index is 12.1. The third-order valence-electron chi connectivity index (χ3n) is 3.61. The molecule has 1 aromatic rings. The van der Waals surface area contributed by atoms with Crippen molar-refractivity contribution in [1.82, 2.24) is 10.3 Å². The zero-order chi connectivity index (χ0) is 14.5. The topological polar surface area (TPSA) is 79.3 Å². The van der Waals surface area contributed by atoms with Crippen LogP contribution in [0.3, 0.4) is 0 Å². The molecule has 1 amide bonds. The Balaban J connectivity index is 2.07. The van der Waals surface area contributed by atoms with Crippen LogP contribution >= 0.6 is 11.6 Å². The zero-order valence-electron chi connectivity index (χ0n) is 11.0. The molecule has 2 N–H and O–H groups in total. The van der Waals surface area contributed by atoms with E-state index in [2.05, 4.69) is 10.3 Å². The van der Waals surface area contributed by atoms with Crippen LogP contribution in [0.4, 0.5) is 0 Å². The van der Waals surface area contributed by atoms with Crippen molar-refractivity contribution in [2.24, 2.45) is 5.92 Å². The molecule has 0 aliphatic heterocycles. The van der Waals surface area contributed by atoms with E-state index in [0.717, 1.165) is 19.3 Å². The molecule has 20 heavy (non-hydrogen) atoms. The summed E-state index contributed by atoms with van der Waals surface area (Å²) in [4.78, 5) is 27.3. The first-order valence-corrected chi connectivity index (χ1v) is 7.11. The van der Waals surface area contributed by atoms with Gasteiger partial charge in [0.1, 0.15) is 5.69 Å². The van der Waals surface area contributed by atoms with Crippen LogP contribution in [0, 0.1) is 5.92 Å². The summed E-state index contributed by atoms with van der Waals surface area (Å²) < 4.78 is 0. The smallest absolute Gasteiger partial charge is 0.308 e. The highest BCUT2D eigenvalue weighted by molar-refractivity contribution is 6.30. The Hall–Kier alpha value is -1.62. The molecule has 0 spiro atoms. The van der Waals surface area contributed by atoms with Gasteiger partial charge in [0.25, 0.3) is 5.91 Å². The molecule has 1 fully saturated rings. The largest absolute Gasteiger partial charge is 0.481 e. The summed E-state index contributed by atoms with van der Waals surface area (Å²) in [5, 5.41) is 12.5. The second kappa shape index (κ2) is 6.70. The lowest BCUT2D eigenvalue weighted by atomic mass is 9.95. The van der Waals surface area contributed by atoms with E-state index in [4.69, 9.17) is 11.6 Å². The number of nitrogens with one attached hydrogen (secondary N) is 1. The Bertz CT molecular complexity index is 490. The molecule has 1 aromatic heterocycles. The summed E-state index contributed by atoms with van der Waals surface area (Å²) >= 11 is 5.72. The minimum Gasteiger partial charge on any atom is -0.481 e. The average Bonchev–Trinajstić information content (AvgIpc) is 2.65. The Morgan fingerprint density at radius 2 is 2.00 bits per heavy atom. The molecule has 2 rings (SSSR count). The molecule has 1 saturated carbocycles. The molecule has 2 atom stereocenters. The number of hydrogen-bond acceptors (Lipinski definition) is 3. The number of pyridine rings is 1. The van der Waals surface area contributed by atoms with E-state index in [1.54, 1.807) is 6.07 Å². The fraction of sp³-hybridized carbons (Fsp3) is 0.500. The molecule has 5 nitrogen and oxygen atoms in total. The molecule has 1 aliphatic rings. The fourth-order valence-corrected chi connectivity index (χ4v) is 2.64. The van der Waals surface area contributed by atoms with Crippen LogP contribution in [-0.2, 0) is 4.79 Å². The zero-order valence-corrected chi connectivity index (χ0v) is 11.8. The Morgan fingerprint density at radius 1 is 1.25 bits per heavy atom. The molecule has 1 aliphatic carbocycles. The minimum atomic E-state index is -0.846. The van der Waals surface area contributed by atoms with E-state index in [9.17, 15) is 14.7 Å². The van der Waals surface area contributed by atoms with E-state index in [0.29, 0.717) is 17.9 Å². The lowest BCUT2D eigenvalue weighted by Gasteiger charge is -2.22. The number of hydrogen-bond donors (Lipinski definition) is 2. The van der Waals surface area contributed by atoms with Gasteiger partial charge in [-0.25, -0.2) is 4.98 Å². The minimum absolute atomic E-state index is 0.253. The Kier molecular flexibility index (Phi) is 4.95. The maximum Gasteiger partial charge on any atom is 0.308 e. The summed E-state index contributed by atoms with van der Waals surface area (Å²) in [5.74, 6) is -1.71. The van der Waals surface area contributed by atoms with E-state index in [1.165, 1.54) is 12.3 Å². The molecular weight excluding hydrogens is 280 g/mol. The second-order valence-electron chi connectivity index (χ2n) is 5.02. The first-order valence-electron chi connectivity index (χ1n) is 6.73.